The Morgan fingerprint density at radius 1 is 1.23 bits per heavy atom. The molecule has 30 heavy (non-hydrogen) atoms. The lowest BCUT2D eigenvalue weighted by molar-refractivity contribution is 0.0694. The van der Waals surface area contributed by atoms with Crippen LogP contribution in [0.3, 0.4) is 0 Å². The summed E-state index contributed by atoms with van der Waals surface area (Å²) < 4.78 is 14.4. The van der Waals surface area contributed by atoms with Gasteiger partial charge in [-0.15, -0.1) is 0 Å². The maximum Gasteiger partial charge on any atom is 0.274 e. The summed E-state index contributed by atoms with van der Waals surface area (Å²) in [5.74, 6) is -0.416. The van der Waals surface area contributed by atoms with Gasteiger partial charge in [0.25, 0.3) is 5.91 Å². The molecule has 0 saturated carbocycles. The Morgan fingerprint density at radius 2 is 2.10 bits per heavy atom. The van der Waals surface area contributed by atoms with Gasteiger partial charge in [-0.25, -0.2) is 9.37 Å². The summed E-state index contributed by atoms with van der Waals surface area (Å²) in [5, 5.41) is 13.3. The monoisotopic (exact) mass is 404 g/mol. The van der Waals surface area contributed by atoms with Crippen molar-refractivity contribution in [3.63, 3.8) is 0 Å². The molecular formula is C23H21FN4O2. The van der Waals surface area contributed by atoms with Crippen LogP contribution in [-0.4, -0.2) is 45.1 Å². The molecule has 3 aromatic rings. The second-order valence-electron chi connectivity index (χ2n) is 7.70. The number of hydrogen-bond acceptors (Lipinski definition) is 5. The first-order valence-corrected chi connectivity index (χ1v) is 10.0. The number of nitrogens with one attached hydrogen (secondary N) is 1. The summed E-state index contributed by atoms with van der Waals surface area (Å²) in [6.45, 7) is 0.537. The van der Waals surface area contributed by atoms with Crippen LogP contribution in [0.2, 0.25) is 0 Å². The molecule has 0 unspecified atom stereocenters. The molecule has 1 aromatic heterocycles. The van der Waals surface area contributed by atoms with Gasteiger partial charge in [0.1, 0.15) is 11.5 Å². The van der Waals surface area contributed by atoms with Crippen LogP contribution in [0.25, 0.3) is 11.1 Å². The minimum Gasteiger partial charge on any atom is -0.394 e. The molecule has 2 N–H and O–H groups in total. The lowest BCUT2D eigenvalue weighted by Gasteiger charge is -2.39. The van der Waals surface area contributed by atoms with Crippen LogP contribution in [0, 0.1) is 11.7 Å². The number of anilines is 1. The van der Waals surface area contributed by atoms with Crippen LogP contribution in [0.15, 0.2) is 61.1 Å². The highest BCUT2D eigenvalue weighted by atomic mass is 19.1. The summed E-state index contributed by atoms with van der Waals surface area (Å²) in [5.41, 5.74) is 3.36. The molecule has 1 fully saturated rings. The molecule has 2 aliphatic heterocycles. The molecule has 152 valence electrons. The molecule has 2 aliphatic rings. The van der Waals surface area contributed by atoms with Gasteiger partial charge in [0.2, 0.25) is 0 Å². The summed E-state index contributed by atoms with van der Waals surface area (Å²) in [6, 6.07) is 12.0. The van der Waals surface area contributed by atoms with Crippen LogP contribution >= 0.6 is 0 Å². The summed E-state index contributed by atoms with van der Waals surface area (Å²) in [7, 11) is 0. The number of carbonyl (C=O) groups is 1. The van der Waals surface area contributed by atoms with Gasteiger partial charge < -0.3 is 15.3 Å². The second kappa shape index (κ2) is 7.50. The Morgan fingerprint density at radius 3 is 2.87 bits per heavy atom. The SMILES string of the molecule is O=C(c1cnccn1)N1CC[C@@H]2[C@H]1c1cc(-c3ccccc3F)ccc1N[C@@H]2CO. The van der Waals surface area contributed by atoms with Crippen molar-refractivity contribution < 1.29 is 14.3 Å². The Labute approximate surface area is 173 Å². The average molecular weight is 404 g/mol. The number of nitrogens with zero attached hydrogens (tertiary/aromatic N) is 3. The summed E-state index contributed by atoms with van der Waals surface area (Å²) in [4.78, 5) is 23.2. The average Bonchev–Trinajstić information content (AvgIpc) is 3.24. The summed E-state index contributed by atoms with van der Waals surface area (Å²) >= 11 is 0. The highest BCUT2D eigenvalue weighted by Gasteiger charge is 2.46. The third kappa shape index (κ3) is 3.02. The quantitative estimate of drug-likeness (QED) is 0.701. The smallest absolute Gasteiger partial charge is 0.274 e. The maximum atomic E-state index is 14.4. The number of carbonyl (C=O) groups excluding carboxylic acids is 1. The van der Waals surface area contributed by atoms with E-state index >= 15 is 0 Å². The van der Waals surface area contributed by atoms with E-state index in [4.69, 9.17) is 0 Å². The maximum absolute atomic E-state index is 14.4. The Kier molecular flexibility index (Phi) is 4.67. The molecular weight excluding hydrogens is 383 g/mol. The van der Waals surface area contributed by atoms with Crippen molar-refractivity contribution in [2.45, 2.75) is 18.5 Å². The van der Waals surface area contributed by atoms with Crippen molar-refractivity contribution >= 4 is 11.6 Å². The van der Waals surface area contributed by atoms with Crippen molar-refractivity contribution in [2.24, 2.45) is 5.92 Å². The third-order valence-electron chi connectivity index (χ3n) is 6.10. The van der Waals surface area contributed by atoms with Crippen molar-refractivity contribution in [1.82, 2.24) is 14.9 Å². The van der Waals surface area contributed by atoms with Crippen molar-refractivity contribution in [3.8, 4) is 11.1 Å². The number of aromatic nitrogens is 2. The molecule has 5 rings (SSSR count). The molecule has 0 spiro atoms. The topological polar surface area (TPSA) is 78.4 Å². The standard InChI is InChI=1S/C23H21FN4O2/c24-18-4-2-1-3-15(18)14-5-6-19-17(11-14)22-16(21(13-29)27-19)7-10-28(22)23(30)20-12-25-8-9-26-20/h1-6,8-9,11-12,16,21-22,27,29H,7,10,13H2/t16-,21+,22-/m0/s1. The third-order valence-corrected chi connectivity index (χ3v) is 6.10. The number of likely N-dealkylation sites (tertiary alicyclic amines) is 1. The normalized spacial score (nSPS) is 22.2. The Bertz CT molecular complexity index is 1090. The largest absolute Gasteiger partial charge is 0.394 e. The van der Waals surface area contributed by atoms with E-state index in [0.29, 0.717) is 17.8 Å². The molecule has 1 amide bonds. The minimum absolute atomic E-state index is 0.0250. The van der Waals surface area contributed by atoms with Crippen LogP contribution < -0.4 is 5.32 Å². The van der Waals surface area contributed by atoms with Crippen LogP contribution in [0.1, 0.15) is 28.5 Å². The lowest BCUT2D eigenvalue weighted by atomic mass is 9.82. The predicted molar refractivity (Wildman–Crippen MR) is 110 cm³/mol. The van der Waals surface area contributed by atoms with E-state index in [1.807, 2.05) is 23.1 Å². The van der Waals surface area contributed by atoms with E-state index in [1.54, 1.807) is 18.2 Å². The highest BCUT2D eigenvalue weighted by molar-refractivity contribution is 5.93. The van der Waals surface area contributed by atoms with E-state index in [-0.39, 0.29) is 36.3 Å². The zero-order valence-corrected chi connectivity index (χ0v) is 16.2. The zero-order chi connectivity index (χ0) is 20.7. The highest BCUT2D eigenvalue weighted by Crippen LogP contribution is 2.47. The second-order valence-corrected chi connectivity index (χ2v) is 7.70. The van der Waals surface area contributed by atoms with Crippen LogP contribution in [0.4, 0.5) is 10.1 Å². The molecule has 0 aliphatic carbocycles. The number of benzene rings is 2. The summed E-state index contributed by atoms with van der Waals surface area (Å²) in [6.07, 6.45) is 5.27. The van der Waals surface area contributed by atoms with Gasteiger partial charge in [0.15, 0.2) is 0 Å². The first-order chi connectivity index (χ1) is 14.7. The number of halogens is 1. The first-order valence-electron chi connectivity index (χ1n) is 10.0. The van der Waals surface area contributed by atoms with E-state index in [1.165, 1.54) is 24.7 Å². The number of hydrogen-bond donors (Lipinski definition) is 2. The van der Waals surface area contributed by atoms with E-state index in [2.05, 4.69) is 15.3 Å². The number of aliphatic hydroxyl groups is 1. The van der Waals surface area contributed by atoms with Gasteiger partial charge in [0.05, 0.1) is 24.9 Å². The van der Waals surface area contributed by atoms with Crippen molar-refractivity contribution in [3.05, 3.63) is 78.1 Å². The molecule has 0 bridgehead atoms. The van der Waals surface area contributed by atoms with Gasteiger partial charge in [-0.05, 0) is 35.7 Å². The van der Waals surface area contributed by atoms with E-state index < -0.39 is 0 Å². The van der Waals surface area contributed by atoms with Crippen LogP contribution in [0.5, 0.6) is 0 Å². The van der Waals surface area contributed by atoms with Gasteiger partial charge in [-0.2, -0.15) is 0 Å². The fourth-order valence-electron chi connectivity index (χ4n) is 4.71. The van der Waals surface area contributed by atoms with E-state index in [0.717, 1.165) is 23.2 Å². The zero-order valence-electron chi connectivity index (χ0n) is 16.2. The molecule has 2 aromatic carbocycles. The number of rotatable bonds is 3. The number of aliphatic hydroxyl groups excluding tert-OH is 1. The minimum atomic E-state index is -0.287. The molecule has 3 heterocycles. The molecule has 3 atom stereocenters. The van der Waals surface area contributed by atoms with Gasteiger partial charge >= 0.3 is 0 Å². The van der Waals surface area contributed by atoms with Crippen molar-refractivity contribution in [1.29, 1.82) is 0 Å². The van der Waals surface area contributed by atoms with E-state index in [9.17, 15) is 14.3 Å². The van der Waals surface area contributed by atoms with Gasteiger partial charge in [-0.3, -0.25) is 9.78 Å². The molecule has 0 radical (unpaired) electrons. The first kappa shape index (κ1) is 18.7. The Balaban J connectivity index is 1.59. The fraction of sp³-hybridized carbons (Fsp3) is 0.261. The number of amides is 1. The Hall–Kier alpha value is -3.32. The van der Waals surface area contributed by atoms with Crippen molar-refractivity contribution in [2.75, 3.05) is 18.5 Å². The fourth-order valence-corrected chi connectivity index (χ4v) is 4.71. The predicted octanol–water partition coefficient (Wildman–Crippen LogP) is 3.27. The number of fused-ring (bicyclic) bond motifs is 3. The van der Waals surface area contributed by atoms with Gasteiger partial charge in [-0.1, -0.05) is 24.3 Å². The molecule has 7 heteroatoms. The van der Waals surface area contributed by atoms with Crippen LogP contribution in [-0.2, 0) is 0 Å². The molecule has 1 saturated heterocycles. The molecule has 6 nitrogen and oxygen atoms in total. The van der Waals surface area contributed by atoms with Gasteiger partial charge in [0, 0.05) is 36.1 Å². The lowest BCUT2D eigenvalue weighted by Crippen LogP contribution is -2.43.